The second kappa shape index (κ2) is 8.50. The van der Waals surface area contributed by atoms with Crippen molar-refractivity contribution in [3.63, 3.8) is 0 Å². The second-order valence-electron chi connectivity index (χ2n) is 5.25. The van der Waals surface area contributed by atoms with E-state index in [1.54, 1.807) is 6.07 Å². The quantitative estimate of drug-likeness (QED) is 0.786. The molecular weight excluding hydrogens is 324 g/mol. The fourth-order valence-electron chi connectivity index (χ4n) is 2.05. The predicted octanol–water partition coefficient (Wildman–Crippen LogP) is 2.41. The Bertz CT molecular complexity index is 605. The Morgan fingerprint density at radius 3 is 2.55 bits per heavy atom. The number of carbonyl (C=O) groups excluding carboxylic acids is 1. The third kappa shape index (κ3) is 5.94. The fraction of sp³-hybridized carbons (Fsp3) is 0.533. The molecule has 22 heavy (non-hydrogen) atoms. The number of rotatable bonds is 8. The third-order valence-electron chi connectivity index (χ3n) is 3.50. The molecule has 0 aliphatic rings. The first kappa shape index (κ1) is 18.9. The minimum atomic E-state index is -3.31. The van der Waals surface area contributed by atoms with Crippen LogP contribution in [0.2, 0.25) is 5.02 Å². The second-order valence-corrected chi connectivity index (χ2v) is 7.59. The van der Waals surface area contributed by atoms with Gasteiger partial charge in [0.15, 0.2) is 0 Å². The number of nitrogens with zero attached hydrogens (tertiary/aromatic N) is 1. The van der Waals surface area contributed by atoms with E-state index in [-0.39, 0.29) is 24.9 Å². The monoisotopic (exact) mass is 346 g/mol. The number of nitrogens with one attached hydrogen (secondary N) is 1. The first-order valence-corrected chi connectivity index (χ1v) is 9.45. The maximum absolute atomic E-state index is 11.9. The Labute approximate surface area is 137 Å². The zero-order valence-electron chi connectivity index (χ0n) is 13.2. The standard InChI is InChI=1S/C15H23ClN2O3S/c1-4-12(2)18(22(3,20)21)10-9-15(19)17-11-13-7-5-6-8-14(13)16/h5-8,12H,4,9-11H2,1-3H3,(H,17,19). The van der Waals surface area contributed by atoms with Crippen LogP contribution in [0.3, 0.4) is 0 Å². The van der Waals surface area contributed by atoms with E-state index in [0.29, 0.717) is 18.0 Å². The van der Waals surface area contributed by atoms with Gasteiger partial charge in [-0.1, -0.05) is 36.7 Å². The molecule has 0 aliphatic heterocycles. The van der Waals surface area contributed by atoms with Gasteiger partial charge in [0.25, 0.3) is 0 Å². The molecule has 1 aromatic rings. The SMILES string of the molecule is CCC(C)N(CCC(=O)NCc1ccccc1Cl)S(C)(=O)=O. The zero-order chi connectivity index (χ0) is 16.8. The van der Waals surface area contributed by atoms with Gasteiger partial charge in [-0.2, -0.15) is 4.31 Å². The summed E-state index contributed by atoms with van der Waals surface area (Å²) in [7, 11) is -3.31. The molecule has 1 amide bonds. The molecule has 1 rings (SSSR count). The van der Waals surface area contributed by atoms with E-state index in [4.69, 9.17) is 11.6 Å². The predicted molar refractivity (Wildman–Crippen MR) is 89.2 cm³/mol. The number of benzene rings is 1. The Morgan fingerprint density at radius 1 is 1.36 bits per heavy atom. The molecule has 0 fully saturated rings. The Morgan fingerprint density at radius 2 is 2.00 bits per heavy atom. The van der Waals surface area contributed by atoms with Crippen LogP contribution in [0.4, 0.5) is 0 Å². The smallest absolute Gasteiger partial charge is 0.221 e. The zero-order valence-corrected chi connectivity index (χ0v) is 14.7. The van der Waals surface area contributed by atoms with E-state index in [1.807, 2.05) is 32.0 Å². The largest absolute Gasteiger partial charge is 0.352 e. The van der Waals surface area contributed by atoms with Crippen LogP contribution < -0.4 is 5.32 Å². The average molecular weight is 347 g/mol. The summed E-state index contributed by atoms with van der Waals surface area (Å²) in [6.45, 7) is 4.27. The lowest BCUT2D eigenvalue weighted by molar-refractivity contribution is -0.121. The van der Waals surface area contributed by atoms with Crippen LogP contribution in [0, 0.1) is 0 Å². The number of carbonyl (C=O) groups is 1. The van der Waals surface area contributed by atoms with E-state index in [1.165, 1.54) is 10.6 Å². The van der Waals surface area contributed by atoms with Crippen LogP contribution in [0.15, 0.2) is 24.3 Å². The summed E-state index contributed by atoms with van der Waals surface area (Å²) >= 11 is 6.02. The molecule has 0 aromatic heterocycles. The molecule has 0 saturated carbocycles. The molecule has 0 spiro atoms. The highest BCUT2D eigenvalue weighted by Crippen LogP contribution is 2.14. The van der Waals surface area contributed by atoms with Gasteiger partial charge >= 0.3 is 0 Å². The van der Waals surface area contributed by atoms with E-state index in [0.717, 1.165) is 5.56 Å². The molecule has 0 aliphatic carbocycles. The van der Waals surface area contributed by atoms with Crippen molar-refractivity contribution in [3.05, 3.63) is 34.9 Å². The first-order chi connectivity index (χ1) is 10.3. The lowest BCUT2D eigenvalue weighted by atomic mass is 10.2. The van der Waals surface area contributed by atoms with Gasteiger partial charge in [-0.25, -0.2) is 8.42 Å². The number of sulfonamides is 1. The Balaban J connectivity index is 2.53. The van der Waals surface area contributed by atoms with Gasteiger partial charge in [-0.15, -0.1) is 0 Å². The summed E-state index contributed by atoms with van der Waals surface area (Å²) in [5.41, 5.74) is 0.833. The van der Waals surface area contributed by atoms with Gasteiger partial charge in [0.2, 0.25) is 15.9 Å². The summed E-state index contributed by atoms with van der Waals surface area (Å²) in [6, 6.07) is 7.15. The summed E-state index contributed by atoms with van der Waals surface area (Å²) in [5, 5.41) is 3.36. The lowest BCUT2D eigenvalue weighted by Gasteiger charge is -2.25. The van der Waals surface area contributed by atoms with Crippen molar-refractivity contribution in [2.45, 2.75) is 39.3 Å². The number of halogens is 1. The van der Waals surface area contributed by atoms with Crippen molar-refractivity contribution in [1.82, 2.24) is 9.62 Å². The molecular formula is C15H23ClN2O3S. The lowest BCUT2D eigenvalue weighted by Crippen LogP contribution is -2.40. The molecule has 0 bridgehead atoms. The van der Waals surface area contributed by atoms with Crippen LogP contribution >= 0.6 is 11.6 Å². The fourth-order valence-corrected chi connectivity index (χ4v) is 3.48. The molecule has 1 aromatic carbocycles. The van der Waals surface area contributed by atoms with Crippen molar-refractivity contribution >= 4 is 27.5 Å². The van der Waals surface area contributed by atoms with Crippen molar-refractivity contribution in [1.29, 1.82) is 0 Å². The summed E-state index contributed by atoms with van der Waals surface area (Å²) < 4.78 is 24.9. The number of hydrogen-bond acceptors (Lipinski definition) is 3. The molecule has 0 heterocycles. The average Bonchev–Trinajstić information content (AvgIpc) is 2.44. The number of amides is 1. The summed E-state index contributed by atoms with van der Waals surface area (Å²) in [5.74, 6) is -0.197. The molecule has 1 atom stereocenters. The highest BCUT2D eigenvalue weighted by molar-refractivity contribution is 7.88. The first-order valence-electron chi connectivity index (χ1n) is 7.22. The highest BCUT2D eigenvalue weighted by Gasteiger charge is 2.22. The van der Waals surface area contributed by atoms with E-state index >= 15 is 0 Å². The van der Waals surface area contributed by atoms with E-state index < -0.39 is 10.0 Å². The van der Waals surface area contributed by atoms with Gasteiger partial charge in [-0.05, 0) is 25.0 Å². The van der Waals surface area contributed by atoms with E-state index in [9.17, 15) is 13.2 Å². The van der Waals surface area contributed by atoms with Gasteiger partial charge in [0.1, 0.15) is 0 Å². The van der Waals surface area contributed by atoms with Crippen LogP contribution in [0.25, 0.3) is 0 Å². The van der Waals surface area contributed by atoms with Gasteiger partial charge < -0.3 is 5.32 Å². The van der Waals surface area contributed by atoms with Crippen molar-refractivity contribution in [3.8, 4) is 0 Å². The molecule has 7 heteroatoms. The molecule has 0 radical (unpaired) electrons. The normalized spacial score (nSPS) is 13.1. The van der Waals surface area contributed by atoms with Crippen LogP contribution in [-0.2, 0) is 21.4 Å². The van der Waals surface area contributed by atoms with Crippen molar-refractivity contribution in [2.75, 3.05) is 12.8 Å². The van der Waals surface area contributed by atoms with E-state index in [2.05, 4.69) is 5.32 Å². The minimum absolute atomic E-state index is 0.119. The number of hydrogen-bond donors (Lipinski definition) is 1. The molecule has 0 saturated heterocycles. The van der Waals surface area contributed by atoms with Gasteiger partial charge in [-0.3, -0.25) is 4.79 Å². The third-order valence-corrected chi connectivity index (χ3v) is 5.26. The van der Waals surface area contributed by atoms with Crippen LogP contribution in [0.5, 0.6) is 0 Å². The minimum Gasteiger partial charge on any atom is -0.352 e. The van der Waals surface area contributed by atoms with Crippen LogP contribution in [-0.4, -0.2) is 37.5 Å². The molecule has 1 N–H and O–H groups in total. The Kier molecular flexibility index (Phi) is 7.32. The molecule has 124 valence electrons. The van der Waals surface area contributed by atoms with Gasteiger partial charge in [0, 0.05) is 30.6 Å². The molecule has 1 unspecified atom stereocenters. The van der Waals surface area contributed by atoms with Crippen molar-refractivity contribution in [2.24, 2.45) is 0 Å². The van der Waals surface area contributed by atoms with Crippen molar-refractivity contribution < 1.29 is 13.2 Å². The topological polar surface area (TPSA) is 66.5 Å². The molecule has 5 nitrogen and oxygen atoms in total. The summed E-state index contributed by atoms with van der Waals surface area (Å²) in [4.78, 5) is 11.9. The van der Waals surface area contributed by atoms with Gasteiger partial charge in [0.05, 0.1) is 6.26 Å². The maximum Gasteiger partial charge on any atom is 0.221 e. The summed E-state index contributed by atoms with van der Waals surface area (Å²) in [6.07, 6.45) is 2.00. The Hall–Kier alpha value is -1.11. The van der Waals surface area contributed by atoms with Crippen LogP contribution in [0.1, 0.15) is 32.3 Å². The highest BCUT2D eigenvalue weighted by atomic mass is 35.5. The maximum atomic E-state index is 11.9.